The third kappa shape index (κ3) is 3.35. The van der Waals surface area contributed by atoms with Crippen LogP contribution in [0.5, 0.6) is 0 Å². The van der Waals surface area contributed by atoms with Crippen molar-refractivity contribution in [1.29, 1.82) is 0 Å². The maximum Gasteiger partial charge on any atom is 0.0726 e. The molecule has 0 saturated carbocycles. The van der Waals surface area contributed by atoms with Crippen LogP contribution in [0.4, 0.5) is 17.1 Å². The molecule has 1 aromatic heterocycles. The summed E-state index contributed by atoms with van der Waals surface area (Å²) in [6.07, 6.45) is 0. The smallest absolute Gasteiger partial charge is 0.0726 e. The Morgan fingerprint density at radius 2 is 1.02 bits per heavy atom. The Bertz CT molecular complexity index is 3110. The minimum absolute atomic E-state index is 0.102. The van der Waals surface area contributed by atoms with Crippen LogP contribution in [0, 0.1) is 0 Å². The van der Waals surface area contributed by atoms with Gasteiger partial charge >= 0.3 is 0 Å². The van der Waals surface area contributed by atoms with Crippen LogP contribution in [0.25, 0.3) is 49.4 Å². The number of nitrogens with zero attached hydrogens (tertiary/aromatic N) is 2. The molecule has 0 aliphatic heterocycles. The fourth-order valence-corrected chi connectivity index (χ4v) is 8.61. The Morgan fingerprint density at radius 3 is 1.65 bits per heavy atom. The highest BCUT2D eigenvalue weighted by Crippen LogP contribution is 2.63. The lowest BCUT2D eigenvalue weighted by Crippen LogP contribution is -2.30. The van der Waals surface area contributed by atoms with E-state index in [4.69, 9.17) is 5.48 Å². The quantitative estimate of drug-likeness (QED) is 0.188. The zero-order chi connectivity index (χ0) is 39.1. The molecule has 0 amide bonds. The van der Waals surface area contributed by atoms with Crippen LogP contribution in [0.3, 0.4) is 0 Å². The van der Waals surface area contributed by atoms with Crippen molar-refractivity contribution in [2.75, 3.05) is 4.90 Å². The van der Waals surface area contributed by atoms with Gasteiger partial charge in [0.25, 0.3) is 0 Å². The second-order valence-electron chi connectivity index (χ2n) is 12.6. The Labute approximate surface area is 296 Å². The monoisotopic (exact) mass is 630 g/mol. The Morgan fingerprint density at radius 1 is 0.469 bits per heavy atom. The summed E-state index contributed by atoms with van der Waals surface area (Å²) in [5.74, 6) is 0. The molecule has 0 N–H and O–H groups in total. The van der Waals surface area contributed by atoms with E-state index >= 15 is 0 Å². The first kappa shape index (κ1) is 20.1. The molecule has 2 nitrogen and oxygen atoms in total. The fraction of sp³-hybridized carbons (Fsp3) is 0.0213. The summed E-state index contributed by atoms with van der Waals surface area (Å²) >= 11 is 0. The van der Waals surface area contributed by atoms with Gasteiger partial charge in [-0.1, -0.05) is 133 Å². The van der Waals surface area contributed by atoms with Crippen LogP contribution >= 0.6 is 0 Å². The van der Waals surface area contributed by atoms with Gasteiger partial charge in [0.05, 0.1) is 33.1 Å². The van der Waals surface area contributed by atoms with Gasteiger partial charge in [-0.15, -0.1) is 0 Å². The molecule has 49 heavy (non-hydrogen) atoms. The predicted molar refractivity (Wildman–Crippen MR) is 204 cm³/mol. The van der Waals surface area contributed by atoms with Gasteiger partial charge in [0, 0.05) is 33.2 Å². The lowest BCUT2D eigenvalue weighted by atomic mass is 9.63. The largest absolute Gasteiger partial charge is 0.310 e. The molecule has 1 heterocycles. The molecule has 0 radical (unpaired) electrons. The second kappa shape index (κ2) is 9.82. The van der Waals surface area contributed by atoms with Crippen molar-refractivity contribution in [3.63, 3.8) is 0 Å². The van der Waals surface area contributed by atoms with Crippen molar-refractivity contribution in [2.24, 2.45) is 0 Å². The van der Waals surface area contributed by atoms with Crippen molar-refractivity contribution in [3.8, 4) is 16.8 Å². The zero-order valence-electron chi connectivity index (χ0n) is 34.1. The van der Waals surface area contributed by atoms with E-state index in [1.807, 2.05) is 78.9 Å². The minimum atomic E-state index is -1.55. The molecular formula is C47H30N2. The molecule has 228 valence electrons. The summed E-state index contributed by atoms with van der Waals surface area (Å²) in [6, 6.07) is 41.6. The molecule has 0 unspecified atom stereocenters. The zero-order valence-corrected chi connectivity index (χ0v) is 26.1. The van der Waals surface area contributed by atoms with Crippen molar-refractivity contribution in [3.05, 3.63) is 204 Å². The second-order valence-corrected chi connectivity index (χ2v) is 12.6. The van der Waals surface area contributed by atoms with E-state index in [9.17, 15) is 5.48 Å². The van der Waals surface area contributed by atoms with Gasteiger partial charge in [-0.3, -0.25) is 0 Å². The van der Waals surface area contributed by atoms with E-state index in [-0.39, 0.29) is 46.4 Å². The fourth-order valence-electron chi connectivity index (χ4n) is 8.61. The van der Waals surface area contributed by atoms with E-state index < -0.39 is 29.6 Å². The first-order valence-electron chi connectivity index (χ1n) is 20.4. The molecular weight excluding hydrogens is 593 g/mol. The van der Waals surface area contributed by atoms with E-state index in [0.717, 1.165) is 55.3 Å². The summed E-state index contributed by atoms with van der Waals surface area (Å²) < 4.78 is 75.9. The Hall–Kier alpha value is -6.38. The lowest BCUT2D eigenvalue weighted by Gasteiger charge is -2.38. The number of aromatic nitrogens is 1. The maximum atomic E-state index is 9.67. The normalized spacial score (nSPS) is 15.8. The first-order chi connectivity index (χ1) is 27.7. The van der Waals surface area contributed by atoms with E-state index in [1.54, 1.807) is 0 Å². The lowest BCUT2D eigenvalue weighted by molar-refractivity contribution is 0.783. The van der Waals surface area contributed by atoms with Crippen LogP contribution in [-0.4, -0.2) is 4.57 Å². The number of benzene rings is 8. The van der Waals surface area contributed by atoms with E-state index in [0.29, 0.717) is 11.1 Å². The van der Waals surface area contributed by atoms with Crippen LogP contribution in [-0.2, 0) is 5.41 Å². The molecule has 2 aliphatic rings. The number of hydrogen-bond acceptors (Lipinski definition) is 1. The molecule has 11 rings (SSSR count). The summed E-state index contributed by atoms with van der Waals surface area (Å²) in [5.41, 5.74) is 5.96. The van der Waals surface area contributed by atoms with E-state index in [1.165, 1.54) is 0 Å². The molecule has 0 fully saturated rings. The first-order valence-corrected chi connectivity index (χ1v) is 16.4. The van der Waals surface area contributed by atoms with E-state index in [2.05, 4.69) is 64.1 Å². The van der Waals surface area contributed by atoms with Crippen LogP contribution in [0.2, 0.25) is 0 Å². The molecule has 1 spiro atoms. The van der Waals surface area contributed by atoms with Gasteiger partial charge in [-0.25, -0.2) is 0 Å². The highest BCUT2D eigenvalue weighted by molar-refractivity contribution is 6.29. The maximum absolute atomic E-state index is 9.67. The van der Waals surface area contributed by atoms with Gasteiger partial charge in [-0.2, -0.15) is 0 Å². The van der Waals surface area contributed by atoms with Crippen molar-refractivity contribution < 1.29 is 11.0 Å². The third-order valence-corrected chi connectivity index (χ3v) is 10.4. The molecule has 0 saturated heterocycles. The van der Waals surface area contributed by atoms with Crippen molar-refractivity contribution in [2.45, 2.75) is 5.41 Å². The molecule has 0 atom stereocenters. The SMILES string of the molecule is [2H]c1c([2H])c([2H])c2c(c1[2H])-c1c([2H])c([2H])c([2H])c([2H])c1C21c2cccc3c(N(c4ccccc4)c4ccccc4)cc4c(c23)c2c1cccc2n4-c1ccccc1. The van der Waals surface area contributed by atoms with Gasteiger partial charge in [0.2, 0.25) is 0 Å². The van der Waals surface area contributed by atoms with Crippen molar-refractivity contribution >= 4 is 49.6 Å². The van der Waals surface area contributed by atoms with Crippen LogP contribution in [0.1, 0.15) is 33.2 Å². The predicted octanol–water partition coefficient (Wildman–Crippen LogP) is 12.1. The average Bonchev–Trinajstić information content (AvgIpc) is 3.76. The number of hydrogen-bond donors (Lipinski definition) is 0. The summed E-state index contributed by atoms with van der Waals surface area (Å²) in [7, 11) is 0. The molecule has 2 aliphatic carbocycles. The van der Waals surface area contributed by atoms with Gasteiger partial charge in [0.1, 0.15) is 0 Å². The number of para-hydroxylation sites is 3. The Balaban J connectivity index is 1.44. The van der Waals surface area contributed by atoms with Gasteiger partial charge < -0.3 is 9.47 Å². The summed E-state index contributed by atoms with van der Waals surface area (Å²) in [5, 5.41) is 3.54. The van der Waals surface area contributed by atoms with Gasteiger partial charge in [0.15, 0.2) is 0 Å². The number of fused-ring (bicyclic) bond motifs is 7. The van der Waals surface area contributed by atoms with Gasteiger partial charge in [-0.05, 0) is 87.3 Å². The van der Waals surface area contributed by atoms with Crippen molar-refractivity contribution in [1.82, 2.24) is 4.57 Å². The van der Waals surface area contributed by atoms with Crippen LogP contribution < -0.4 is 4.90 Å². The third-order valence-electron chi connectivity index (χ3n) is 10.4. The molecule has 2 heteroatoms. The summed E-state index contributed by atoms with van der Waals surface area (Å²) in [4.78, 5) is 2.22. The summed E-state index contributed by atoms with van der Waals surface area (Å²) in [6.45, 7) is 0. The minimum Gasteiger partial charge on any atom is -0.310 e. The van der Waals surface area contributed by atoms with Crippen LogP contribution in [0.15, 0.2) is 182 Å². The molecule has 8 aromatic carbocycles. The Kier molecular flexibility index (Phi) is 4.03. The molecule has 0 bridgehead atoms. The molecule has 9 aromatic rings. The number of rotatable bonds is 4. The highest BCUT2D eigenvalue weighted by Gasteiger charge is 2.50. The standard InChI is InChI=1S/C47H30N2/c1-4-16-31(17-5-1)48(32-18-6-2-7-19-32)42-30-43-46-44-36(42)24-14-27-39(44)47(37-25-12-10-22-34(37)35-23-11-13-26-38(35)47)40-28-15-29-41(45(40)46)49(43)33-20-8-3-9-21-33/h1-30H/i10D,11D,12D,13D,22D,23D,25D,26D. The number of anilines is 3. The topological polar surface area (TPSA) is 8.17 Å². The highest BCUT2D eigenvalue weighted by atomic mass is 15.1. The average molecular weight is 631 g/mol.